The fraction of sp³-hybridized carbons (Fsp3) is 0.727. The van der Waals surface area contributed by atoms with E-state index in [2.05, 4.69) is 51.3 Å². The van der Waals surface area contributed by atoms with Gasteiger partial charge in [-0.15, -0.1) is 11.3 Å². The highest BCUT2D eigenvalue weighted by atomic mass is 32.1. The van der Waals surface area contributed by atoms with E-state index in [4.69, 9.17) is 4.43 Å². The lowest BCUT2D eigenvalue weighted by Gasteiger charge is -2.38. The van der Waals surface area contributed by atoms with Crippen LogP contribution in [0.4, 0.5) is 0 Å². The lowest BCUT2D eigenvalue weighted by Crippen LogP contribution is -2.41. The van der Waals surface area contributed by atoms with Crippen molar-refractivity contribution in [1.82, 2.24) is 4.98 Å². The molecule has 15 heavy (non-hydrogen) atoms. The predicted molar refractivity (Wildman–Crippen MR) is 67.6 cm³/mol. The highest BCUT2D eigenvalue weighted by Gasteiger charge is 2.38. The standard InChI is InChI=1S/C11H20NOSSi/c1-9(10-7-14-8-12-10)13-15(5,6)11(2,3)4/h7,9H,1-6H3. The van der Waals surface area contributed by atoms with E-state index in [1.54, 1.807) is 0 Å². The highest BCUT2D eigenvalue weighted by molar-refractivity contribution is 7.07. The molecule has 0 saturated carbocycles. The average Bonchev–Trinajstić information content (AvgIpc) is 2.51. The zero-order valence-electron chi connectivity index (χ0n) is 10.4. The lowest BCUT2D eigenvalue weighted by molar-refractivity contribution is 0.199. The number of aromatic nitrogens is 1. The van der Waals surface area contributed by atoms with Crippen LogP contribution in [-0.2, 0) is 4.43 Å². The van der Waals surface area contributed by atoms with Gasteiger partial charge < -0.3 is 4.43 Å². The monoisotopic (exact) mass is 242 g/mol. The first-order valence-corrected chi connectivity index (χ1v) is 9.02. The van der Waals surface area contributed by atoms with Gasteiger partial charge in [0.2, 0.25) is 0 Å². The van der Waals surface area contributed by atoms with Crippen molar-refractivity contribution in [2.24, 2.45) is 0 Å². The van der Waals surface area contributed by atoms with E-state index in [1.807, 2.05) is 5.38 Å². The van der Waals surface area contributed by atoms with E-state index in [0.29, 0.717) is 0 Å². The van der Waals surface area contributed by atoms with Gasteiger partial charge in [0.05, 0.1) is 11.8 Å². The van der Waals surface area contributed by atoms with Gasteiger partial charge in [0.1, 0.15) is 0 Å². The Morgan fingerprint density at radius 2 is 2.07 bits per heavy atom. The van der Waals surface area contributed by atoms with E-state index in [-0.39, 0.29) is 11.1 Å². The van der Waals surface area contributed by atoms with Gasteiger partial charge in [-0.3, -0.25) is 0 Å². The quantitative estimate of drug-likeness (QED) is 0.747. The molecule has 0 bridgehead atoms. The van der Waals surface area contributed by atoms with Crippen LogP contribution in [0.15, 0.2) is 5.38 Å². The molecule has 1 atom stereocenters. The van der Waals surface area contributed by atoms with Gasteiger partial charge in [-0.05, 0) is 25.1 Å². The first-order chi connectivity index (χ1) is 6.74. The molecular weight excluding hydrogens is 222 g/mol. The van der Waals surface area contributed by atoms with Gasteiger partial charge in [-0.1, -0.05) is 20.8 Å². The minimum atomic E-state index is -1.67. The topological polar surface area (TPSA) is 22.1 Å². The van der Waals surface area contributed by atoms with Gasteiger partial charge >= 0.3 is 0 Å². The van der Waals surface area contributed by atoms with Crippen molar-refractivity contribution in [2.75, 3.05) is 0 Å². The summed E-state index contributed by atoms with van der Waals surface area (Å²) in [5.41, 5.74) is 3.87. The van der Waals surface area contributed by atoms with Gasteiger partial charge in [0, 0.05) is 5.38 Å². The molecule has 85 valence electrons. The Bertz CT molecular complexity index is 303. The van der Waals surface area contributed by atoms with E-state index < -0.39 is 8.32 Å². The van der Waals surface area contributed by atoms with Crippen molar-refractivity contribution in [2.45, 2.75) is 51.9 Å². The number of hydrogen-bond acceptors (Lipinski definition) is 3. The summed E-state index contributed by atoms with van der Waals surface area (Å²) < 4.78 is 6.21. The molecule has 0 saturated heterocycles. The number of nitrogens with zero attached hydrogens (tertiary/aromatic N) is 1. The van der Waals surface area contributed by atoms with E-state index in [1.165, 1.54) is 11.3 Å². The van der Waals surface area contributed by atoms with Crippen LogP contribution in [0.5, 0.6) is 0 Å². The molecule has 1 aromatic heterocycles. The van der Waals surface area contributed by atoms with Crippen molar-refractivity contribution in [1.29, 1.82) is 0 Å². The van der Waals surface area contributed by atoms with E-state index in [0.717, 1.165) is 5.69 Å². The Morgan fingerprint density at radius 1 is 1.47 bits per heavy atom. The largest absolute Gasteiger partial charge is 0.409 e. The van der Waals surface area contributed by atoms with Crippen LogP contribution in [0.3, 0.4) is 0 Å². The Morgan fingerprint density at radius 3 is 2.47 bits per heavy atom. The van der Waals surface area contributed by atoms with Gasteiger partial charge in [0.25, 0.3) is 0 Å². The summed E-state index contributed by atoms with van der Waals surface area (Å²) in [6, 6.07) is 0. The molecule has 2 nitrogen and oxygen atoms in total. The molecule has 1 aromatic rings. The summed E-state index contributed by atoms with van der Waals surface area (Å²) in [4.78, 5) is 4.17. The summed E-state index contributed by atoms with van der Waals surface area (Å²) in [7, 11) is -1.67. The van der Waals surface area contributed by atoms with Crippen molar-refractivity contribution < 1.29 is 4.43 Å². The molecule has 0 amide bonds. The number of rotatable bonds is 3. The Labute approximate surface area is 97.8 Å². The molecule has 0 aliphatic carbocycles. The first kappa shape index (κ1) is 12.9. The highest BCUT2D eigenvalue weighted by Crippen LogP contribution is 2.39. The van der Waals surface area contributed by atoms with Crippen LogP contribution in [-0.4, -0.2) is 13.3 Å². The van der Waals surface area contributed by atoms with Gasteiger partial charge in [0.15, 0.2) is 13.8 Å². The van der Waals surface area contributed by atoms with Crippen LogP contribution in [0, 0.1) is 5.51 Å². The third kappa shape index (κ3) is 3.13. The molecule has 0 fully saturated rings. The molecule has 0 aliphatic heterocycles. The van der Waals surface area contributed by atoms with Crippen molar-refractivity contribution in [3.63, 3.8) is 0 Å². The summed E-state index contributed by atoms with van der Waals surface area (Å²) in [6.45, 7) is 13.3. The molecular formula is C11H20NOSSi. The Balaban J connectivity index is 2.70. The van der Waals surface area contributed by atoms with Crippen LogP contribution < -0.4 is 0 Å². The molecule has 0 aromatic carbocycles. The van der Waals surface area contributed by atoms with Crippen LogP contribution in [0.2, 0.25) is 18.1 Å². The molecule has 0 N–H and O–H groups in total. The van der Waals surface area contributed by atoms with E-state index in [9.17, 15) is 0 Å². The molecule has 0 spiro atoms. The fourth-order valence-electron chi connectivity index (χ4n) is 1.06. The summed E-state index contributed by atoms with van der Waals surface area (Å²) in [6.07, 6.45) is 0.0911. The molecule has 1 unspecified atom stereocenters. The zero-order chi connectivity index (χ0) is 11.7. The maximum atomic E-state index is 6.21. The lowest BCUT2D eigenvalue weighted by atomic mass is 10.2. The average molecular weight is 242 g/mol. The Kier molecular flexibility index (Phi) is 3.74. The van der Waals surface area contributed by atoms with Crippen LogP contribution in [0.1, 0.15) is 39.5 Å². The molecule has 1 rings (SSSR count). The smallest absolute Gasteiger partial charge is 0.192 e. The number of hydrogen-bond donors (Lipinski definition) is 0. The molecule has 1 heterocycles. The van der Waals surface area contributed by atoms with E-state index >= 15 is 0 Å². The van der Waals surface area contributed by atoms with Gasteiger partial charge in [-0.25, -0.2) is 4.98 Å². The maximum Gasteiger partial charge on any atom is 0.192 e. The summed E-state index contributed by atoms with van der Waals surface area (Å²) in [5.74, 6) is 0. The minimum absolute atomic E-state index is 0.0911. The zero-order valence-corrected chi connectivity index (χ0v) is 12.2. The minimum Gasteiger partial charge on any atom is -0.409 e. The summed E-state index contributed by atoms with van der Waals surface area (Å²) in [5, 5.41) is 2.26. The third-order valence-corrected chi connectivity index (χ3v) is 8.21. The maximum absolute atomic E-state index is 6.21. The Hall–Kier alpha value is -0.193. The second-order valence-corrected chi connectivity index (χ2v) is 10.8. The second-order valence-electron chi connectivity index (χ2n) is 5.38. The first-order valence-electron chi connectivity index (χ1n) is 5.23. The summed E-state index contributed by atoms with van der Waals surface area (Å²) >= 11 is 1.50. The number of thiazole rings is 1. The van der Waals surface area contributed by atoms with Crippen molar-refractivity contribution >= 4 is 19.7 Å². The predicted octanol–water partition coefficient (Wildman–Crippen LogP) is 4.03. The van der Waals surface area contributed by atoms with Crippen LogP contribution >= 0.6 is 11.3 Å². The molecule has 0 aliphatic rings. The van der Waals surface area contributed by atoms with Crippen molar-refractivity contribution in [3.8, 4) is 0 Å². The SMILES string of the molecule is CC(O[Si](C)(C)C(C)(C)C)c1cs[c]n1. The molecule has 1 radical (unpaired) electrons. The fourth-order valence-corrected chi connectivity index (χ4v) is 2.99. The third-order valence-electron chi connectivity index (χ3n) is 3.10. The second kappa shape index (κ2) is 4.35. The van der Waals surface area contributed by atoms with Gasteiger partial charge in [-0.2, -0.15) is 0 Å². The van der Waals surface area contributed by atoms with Crippen LogP contribution in [0.25, 0.3) is 0 Å². The normalized spacial score (nSPS) is 15.3. The molecule has 4 heteroatoms. The van der Waals surface area contributed by atoms with Crippen molar-refractivity contribution in [3.05, 3.63) is 16.6 Å².